The molecule has 1 heterocycles. The first-order chi connectivity index (χ1) is 22.5. The molecule has 0 bridgehead atoms. The van der Waals surface area contributed by atoms with Crippen molar-refractivity contribution < 1.29 is 60.8 Å². The van der Waals surface area contributed by atoms with Gasteiger partial charge in [0.25, 0.3) is 0 Å². The molecule has 4 fully saturated rings. The van der Waals surface area contributed by atoms with E-state index >= 15 is 0 Å². The summed E-state index contributed by atoms with van der Waals surface area (Å²) in [6.45, 7) is 12.5. The van der Waals surface area contributed by atoms with Crippen LogP contribution in [0.5, 0.6) is 0 Å². The first-order valence-corrected chi connectivity index (χ1v) is 19.4. The van der Waals surface area contributed by atoms with Crippen LogP contribution >= 0.6 is 0 Å². The Morgan fingerprint density at radius 1 is 1.04 bits per heavy atom. The zero-order chi connectivity index (χ0) is 35.2. The number of ether oxygens (including phenoxy) is 2. The summed E-state index contributed by atoms with van der Waals surface area (Å²) in [4.78, 5) is 10.1. The van der Waals surface area contributed by atoms with Crippen molar-refractivity contribution in [3.8, 4) is 0 Å². The van der Waals surface area contributed by atoms with Crippen molar-refractivity contribution in [2.45, 2.75) is 154 Å². The molecule has 14 unspecified atom stereocenters. The maximum absolute atomic E-state index is 11.9. The minimum absolute atomic E-state index is 0.118. The van der Waals surface area contributed by atoms with Gasteiger partial charge in [-0.05, 0) is 106 Å². The zero-order valence-electron chi connectivity index (χ0n) is 28.8. The number of rotatable bonds is 13. The Morgan fingerprint density at radius 2 is 1.73 bits per heavy atom. The van der Waals surface area contributed by atoms with Crippen LogP contribution in [0.25, 0.3) is 0 Å². The number of aliphatic hydroxyl groups excluding tert-OH is 2. The zero-order valence-corrected chi connectivity index (χ0v) is 30.5. The maximum Gasteiger partial charge on any atom is 0.186 e. The van der Waals surface area contributed by atoms with E-state index in [1.165, 1.54) is 5.57 Å². The van der Waals surface area contributed by atoms with Crippen LogP contribution in [-0.2, 0) is 50.6 Å². The standard InChI is InChI=1S/C33H56O13S2/c1-18(2)8-7-13-33(6,36)26-10-9-22-21-17-25(42-30-28(35)27(34)29(19(3)41-30)44-46-48(39)40)24-16-20(43-45-47(37)38)11-14-31(24,4)23(21)12-15-32(22,26)5/h12,18-22,24-30,34-36H,7-11,13-17H2,1-6H3,(H,37,38)(H,39,40)/p-2/t19?,20?,21?,22?,24-,25?,26?,27?,28?,29?,30?,31?,32?,33+/m1/s1. The maximum atomic E-state index is 11.9. The molecule has 1 saturated heterocycles. The Kier molecular flexibility index (Phi) is 12.4. The van der Waals surface area contributed by atoms with E-state index in [2.05, 4.69) is 42.4 Å². The normalized spacial score (nSPS) is 45.4. The van der Waals surface area contributed by atoms with Crippen LogP contribution in [0, 0.1) is 40.4 Å². The highest BCUT2D eigenvalue weighted by Crippen LogP contribution is 2.67. The minimum Gasteiger partial charge on any atom is -0.748 e. The topological polar surface area (TPSA) is 196 Å². The van der Waals surface area contributed by atoms with Crippen molar-refractivity contribution in [3.63, 3.8) is 0 Å². The van der Waals surface area contributed by atoms with Crippen LogP contribution in [-0.4, -0.2) is 81.4 Å². The van der Waals surface area contributed by atoms with Gasteiger partial charge in [-0.1, -0.05) is 52.2 Å². The predicted molar refractivity (Wildman–Crippen MR) is 171 cm³/mol. The highest BCUT2D eigenvalue weighted by molar-refractivity contribution is 7.74. The average Bonchev–Trinajstić information content (AvgIpc) is 3.36. The van der Waals surface area contributed by atoms with E-state index in [0.29, 0.717) is 37.5 Å². The molecule has 5 rings (SSSR count). The van der Waals surface area contributed by atoms with Gasteiger partial charge in [-0.2, -0.15) is 0 Å². The summed E-state index contributed by atoms with van der Waals surface area (Å²) >= 11 is -5.83. The Balaban J connectivity index is 1.41. The fraction of sp³-hybridized carbons (Fsp3) is 0.939. The lowest BCUT2D eigenvalue weighted by Gasteiger charge is -2.60. The second-order valence-electron chi connectivity index (χ2n) is 16.1. The van der Waals surface area contributed by atoms with Crippen molar-refractivity contribution >= 4 is 22.7 Å². The Hall–Kier alpha value is -0.400. The molecule has 5 aliphatic rings. The van der Waals surface area contributed by atoms with E-state index in [1.54, 1.807) is 6.92 Å². The van der Waals surface area contributed by atoms with Crippen LogP contribution < -0.4 is 0 Å². The second-order valence-corrected chi connectivity index (χ2v) is 17.2. The van der Waals surface area contributed by atoms with E-state index in [9.17, 15) is 32.8 Å². The lowest BCUT2D eigenvalue weighted by Crippen LogP contribution is -2.61. The molecule has 0 radical (unpaired) electrons. The van der Waals surface area contributed by atoms with Gasteiger partial charge in [0, 0.05) is 0 Å². The Bertz CT molecular complexity index is 1200. The van der Waals surface area contributed by atoms with Crippen LogP contribution in [0.2, 0.25) is 0 Å². The fourth-order valence-electron chi connectivity index (χ4n) is 10.4. The number of hydrogen-bond acceptors (Lipinski definition) is 13. The summed E-state index contributed by atoms with van der Waals surface area (Å²) in [5, 5.41) is 33.8. The van der Waals surface area contributed by atoms with Crippen molar-refractivity contribution in [2.75, 3.05) is 0 Å². The molecule has 0 aromatic heterocycles. The van der Waals surface area contributed by atoms with E-state index in [0.717, 1.165) is 38.5 Å². The SMILES string of the molecule is CC(C)CCC[C@](C)(O)C1CCC2C3CC(OC4OC(C)C(OOS(=O)[O-])C(O)C4O)[C@H]4CC(OOS(=O)[O-])CCC4(C)C3=CCC21C. The number of hydrogen-bond donors (Lipinski definition) is 3. The third-order valence-corrected chi connectivity index (χ3v) is 13.1. The van der Waals surface area contributed by atoms with Gasteiger partial charge in [-0.15, -0.1) is 8.67 Å². The summed E-state index contributed by atoms with van der Waals surface area (Å²) < 4.78 is 65.3. The summed E-state index contributed by atoms with van der Waals surface area (Å²) in [7, 11) is 0. The Morgan fingerprint density at radius 3 is 2.40 bits per heavy atom. The number of fused-ring (bicyclic) bond motifs is 5. The summed E-state index contributed by atoms with van der Waals surface area (Å²) in [6.07, 6.45) is 2.77. The molecule has 1 aliphatic heterocycles. The molecule has 0 aromatic rings. The van der Waals surface area contributed by atoms with E-state index in [1.807, 2.05) is 6.92 Å². The monoisotopic (exact) mass is 722 g/mol. The van der Waals surface area contributed by atoms with Gasteiger partial charge in [0.15, 0.2) is 6.29 Å². The smallest absolute Gasteiger partial charge is 0.186 e. The first kappa shape index (κ1) is 38.8. The molecule has 13 nitrogen and oxygen atoms in total. The molecule has 0 spiro atoms. The van der Waals surface area contributed by atoms with Gasteiger partial charge in [-0.25, -0.2) is 18.2 Å². The van der Waals surface area contributed by atoms with Crippen molar-refractivity contribution in [1.29, 1.82) is 0 Å². The molecule has 48 heavy (non-hydrogen) atoms. The highest BCUT2D eigenvalue weighted by Gasteiger charge is 2.62. The molecule has 15 heteroatoms. The van der Waals surface area contributed by atoms with Crippen LogP contribution in [0.3, 0.4) is 0 Å². The van der Waals surface area contributed by atoms with E-state index in [4.69, 9.17) is 19.2 Å². The summed E-state index contributed by atoms with van der Waals surface area (Å²) in [5.41, 5.74) is 0.139. The largest absolute Gasteiger partial charge is 0.748 e. The van der Waals surface area contributed by atoms with Gasteiger partial charge < -0.3 is 33.9 Å². The third-order valence-electron chi connectivity index (χ3n) is 12.7. The predicted octanol–water partition coefficient (Wildman–Crippen LogP) is 3.83. The fourth-order valence-corrected chi connectivity index (χ4v) is 10.7. The minimum atomic E-state index is -3.00. The van der Waals surface area contributed by atoms with Gasteiger partial charge >= 0.3 is 0 Å². The van der Waals surface area contributed by atoms with E-state index < -0.39 is 71.2 Å². The first-order valence-electron chi connectivity index (χ1n) is 17.4. The molecular weight excluding hydrogens is 668 g/mol. The Labute approximate surface area is 289 Å². The lowest BCUT2D eigenvalue weighted by molar-refractivity contribution is -0.364. The average molecular weight is 723 g/mol. The van der Waals surface area contributed by atoms with Crippen molar-refractivity contribution in [3.05, 3.63) is 11.6 Å². The third kappa shape index (κ3) is 7.83. The van der Waals surface area contributed by atoms with Gasteiger partial charge in [0.2, 0.25) is 0 Å². The van der Waals surface area contributed by atoms with Crippen LogP contribution in [0.15, 0.2) is 11.6 Å². The molecule has 278 valence electrons. The molecule has 4 aliphatic carbocycles. The van der Waals surface area contributed by atoms with E-state index in [-0.39, 0.29) is 28.6 Å². The number of aliphatic hydroxyl groups is 3. The van der Waals surface area contributed by atoms with Gasteiger partial charge in [0.1, 0.15) is 41.0 Å². The van der Waals surface area contributed by atoms with Crippen LogP contribution in [0.4, 0.5) is 0 Å². The molecule has 3 N–H and O–H groups in total. The van der Waals surface area contributed by atoms with Crippen LogP contribution in [0.1, 0.15) is 106 Å². The molecule has 0 amide bonds. The molecule has 16 atom stereocenters. The molecule has 3 saturated carbocycles. The summed E-state index contributed by atoms with van der Waals surface area (Å²) in [5.74, 6) is 1.01. The van der Waals surface area contributed by atoms with Crippen molar-refractivity contribution in [2.24, 2.45) is 40.4 Å². The highest BCUT2D eigenvalue weighted by atomic mass is 32.2. The lowest BCUT2D eigenvalue weighted by atomic mass is 9.47. The quantitative estimate of drug-likeness (QED) is 0.108. The van der Waals surface area contributed by atoms with Gasteiger partial charge in [-0.3, -0.25) is 0 Å². The summed E-state index contributed by atoms with van der Waals surface area (Å²) in [6, 6.07) is 0. The van der Waals surface area contributed by atoms with Gasteiger partial charge in [0.05, 0.1) is 23.9 Å². The molecule has 0 aromatic carbocycles. The van der Waals surface area contributed by atoms with Crippen molar-refractivity contribution in [1.82, 2.24) is 0 Å². The second kappa shape index (κ2) is 15.3. The number of allylic oxidation sites excluding steroid dienone is 2. The molecular formula is C33H54O13S2-2.